The van der Waals surface area contributed by atoms with Crippen LogP contribution in [0.2, 0.25) is 0 Å². The Labute approximate surface area is 150 Å². The molecule has 0 saturated carbocycles. The Morgan fingerprint density at radius 1 is 1.35 bits per heavy atom. The van der Waals surface area contributed by atoms with Crippen molar-refractivity contribution in [2.75, 3.05) is 18.4 Å². The maximum atomic E-state index is 12.6. The molecule has 3 N–H and O–H groups in total. The number of aliphatic carboxylic acids is 1. The summed E-state index contributed by atoms with van der Waals surface area (Å²) in [6, 6.07) is 5.72. The second kappa shape index (κ2) is 8.32. The average Bonchev–Trinajstić information content (AvgIpc) is 2.58. The van der Waals surface area contributed by atoms with Crippen LogP contribution in [0, 0.1) is 0 Å². The number of hydrogen-bond acceptors (Lipinski definition) is 5. The molecule has 0 aromatic heterocycles. The number of ether oxygens (including phenoxy) is 1. The second-order valence-corrected chi connectivity index (χ2v) is 5.88. The number of carbonyl (C=O) groups is 4. The SMILES string of the molecule is CC(=O)NCCN(C(=O)CC1Oc2ccccc2NC1=O)C(C)C(=O)O. The summed E-state index contributed by atoms with van der Waals surface area (Å²) in [5, 5.41) is 14.4. The van der Waals surface area contributed by atoms with E-state index in [0.29, 0.717) is 11.4 Å². The van der Waals surface area contributed by atoms with Crippen molar-refractivity contribution in [1.29, 1.82) is 0 Å². The molecule has 2 rings (SSSR count). The van der Waals surface area contributed by atoms with E-state index < -0.39 is 29.9 Å². The van der Waals surface area contributed by atoms with Gasteiger partial charge in [-0.25, -0.2) is 4.79 Å². The summed E-state index contributed by atoms with van der Waals surface area (Å²) in [5.41, 5.74) is 0.516. The molecule has 1 aliphatic rings. The van der Waals surface area contributed by atoms with Crippen molar-refractivity contribution in [1.82, 2.24) is 10.2 Å². The first-order valence-corrected chi connectivity index (χ1v) is 8.13. The Balaban J connectivity index is 2.07. The van der Waals surface area contributed by atoms with E-state index in [-0.39, 0.29) is 25.4 Å². The summed E-state index contributed by atoms with van der Waals surface area (Å²) < 4.78 is 5.57. The van der Waals surface area contributed by atoms with Crippen LogP contribution in [0.4, 0.5) is 5.69 Å². The number of fused-ring (bicyclic) bond motifs is 1. The molecule has 2 atom stereocenters. The molecular formula is C17H21N3O6. The van der Waals surface area contributed by atoms with E-state index in [2.05, 4.69) is 10.6 Å². The first kappa shape index (κ1) is 19.2. The lowest BCUT2D eigenvalue weighted by Crippen LogP contribution is -2.49. The van der Waals surface area contributed by atoms with Crippen LogP contribution in [-0.2, 0) is 19.2 Å². The largest absolute Gasteiger partial charge is 0.480 e. The first-order valence-electron chi connectivity index (χ1n) is 8.13. The van der Waals surface area contributed by atoms with Crippen LogP contribution in [0.3, 0.4) is 0 Å². The summed E-state index contributed by atoms with van der Waals surface area (Å²) >= 11 is 0. The Kier molecular flexibility index (Phi) is 6.16. The highest BCUT2D eigenvalue weighted by Crippen LogP contribution is 2.29. The van der Waals surface area contributed by atoms with E-state index in [1.54, 1.807) is 24.3 Å². The smallest absolute Gasteiger partial charge is 0.326 e. The molecular weight excluding hydrogens is 342 g/mol. The van der Waals surface area contributed by atoms with E-state index in [9.17, 15) is 24.3 Å². The molecule has 1 aromatic carbocycles. The molecule has 26 heavy (non-hydrogen) atoms. The summed E-state index contributed by atoms with van der Waals surface area (Å²) in [6.45, 7) is 2.81. The highest BCUT2D eigenvalue weighted by Gasteiger charge is 2.33. The van der Waals surface area contributed by atoms with Crippen LogP contribution in [0.25, 0.3) is 0 Å². The van der Waals surface area contributed by atoms with Gasteiger partial charge in [-0.15, -0.1) is 0 Å². The van der Waals surface area contributed by atoms with E-state index in [4.69, 9.17) is 4.74 Å². The predicted molar refractivity (Wildman–Crippen MR) is 91.6 cm³/mol. The van der Waals surface area contributed by atoms with Crippen molar-refractivity contribution < 1.29 is 29.0 Å². The molecule has 1 heterocycles. The standard InChI is InChI=1S/C17H21N3O6/c1-10(17(24)25)20(8-7-18-11(2)21)15(22)9-14-16(23)19-12-5-3-4-6-13(12)26-14/h3-6,10,14H,7-9H2,1-2H3,(H,18,21)(H,19,23)(H,24,25). The topological polar surface area (TPSA) is 125 Å². The van der Waals surface area contributed by atoms with Gasteiger partial charge in [0.25, 0.3) is 5.91 Å². The lowest BCUT2D eigenvalue weighted by molar-refractivity contribution is -0.150. The van der Waals surface area contributed by atoms with Gasteiger partial charge in [0.1, 0.15) is 11.8 Å². The maximum Gasteiger partial charge on any atom is 0.326 e. The quantitative estimate of drug-likeness (QED) is 0.636. The second-order valence-electron chi connectivity index (χ2n) is 5.88. The fraction of sp³-hybridized carbons (Fsp3) is 0.412. The zero-order valence-electron chi connectivity index (χ0n) is 14.5. The molecule has 9 heteroatoms. The normalized spacial score (nSPS) is 16.5. The fourth-order valence-corrected chi connectivity index (χ4v) is 2.52. The summed E-state index contributed by atoms with van der Waals surface area (Å²) in [7, 11) is 0. The minimum atomic E-state index is -1.18. The molecule has 0 radical (unpaired) electrons. The van der Waals surface area contributed by atoms with Crippen molar-refractivity contribution in [2.45, 2.75) is 32.4 Å². The zero-order valence-corrected chi connectivity index (χ0v) is 14.5. The van der Waals surface area contributed by atoms with Crippen LogP contribution in [0.5, 0.6) is 5.75 Å². The minimum absolute atomic E-state index is 0.0107. The van der Waals surface area contributed by atoms with Gasteiger partial charge in [0.2, 0.25) is 11.8 Å². The third-order valence-electron chi connectivity index (χ3n) is 3.94. The molecule has 1 aromatic rings. The van der Waals surface area contributed by atoms with E-state index in [0.717, 1.165) is 4.90 Å². The van der Waals surface area contributed by atoms with Crippen molar-refractivity contribution in [3.8, 4) is 5.75 Å². The number of hydrogen-bond donors (Lipinski definition) is 3. The molecule has 1 aliphatic heterocycles. The lowest BCUT2D eigenvalue weighted by Gasteiger charge is -2.30. The number of amides is 3. The van der Waals surface area contributed by atoms with Gasteiger partial charge in [0.05, 0.1) is 12.1 Å². The molecule has 3 amide bonds. The molecule has 0 aliphatic carbocycles. The van der Waals surface area contributed by atoms with E-state index in [1.165, 1.54) is 13.8 Å². The van der Waals surface area contributed by atoms with Gasteiger partial charge in [0, 0.05) is 20.0 Å². The van der Waals surface area contributed by atoms with Gasteiger partial charge < -0.3 is 25.4 Å². The van der Waals surface area contributed by atoms with Crippen molar-refractivity contribution in [2.24, 2.45) is 0 Å². The number of benzene rings is 1. The summed E-state index contributed by atoms with van der Waals surface area (Å²) in [6.07, 6.45) is -1.36. The fourth-order valence-electron chi connectivity index (χ4n) is 2.52. The predicted octanol–water partition coefficient (Wildman–Crippen LogP) is 0.214. The van der Waals surface area contributed by atoms with Gasteiger partial charge >= 0.3 is 5.97 Å². The van der Waals surface area contributed by atoms with Crippen molar-refractivity contribution in [3.63, 3.8) is 0 Å². The number of nitrogens with zero attached hydrogens (tertiary/aromatic N) is 1. The Bertz CT molecular complexity index is 720. The van der Waals surface area contributed by atoms with E-state index in [1.807, 2.05) is 0 Å². The lowest BCUT2D eigenvalue weighted by atomic mass is 10.1. The first-order chi connectivity index (χ1) is 12.3. The summed E-state index contributed by atoms with van der Waals surface area (Å²) in [5.74, 6) is -2.04. The number of carboxylic acids is 1. The minimum Gasteiger partial charge on any atom is -0.480 e. The van der Waals surface area contributed by atoms with Crippen molar-refractivity contribution >= 4 is 29.4 Å². The highest BCUT2D eigenvalue weighted by molar-refractivity contribution is 6.00. The third-order valence-corrected chi connectivity index (χ3v) is 3.94. The monoisotopic (exact) mass is 363 g/mol. The third kappa shape index (κ3) is 4.71. The number of carbonyl (C=O) groups excluding carboxylic acids is 3. The van der Waals surface area contributed by atoms with Crippen LogP contribution in [-0.4, -0.2) is 58.9 Å². The summed E-state index contributed by atoms with van der Waals surface area (Å²) in [4.78, 5) is 48.1. The molecule has 0 saturated heterocycles. The number of rotatable bonds is 7. The Morgan fingerprint density at radius 3 is 2.69 bits per heavy atom. The molecule has 9 nitrogen and oxygen atoms in total. The van der Waals surface area contributed by atoms with Crippen LogP contribution >= 0.6 is 0 Å². The number of para-hydroxylation sites is 2. The van der Waals surface area contributed by atoms with Crippen LogP contribution in [0.15, 0.2) is 24.3 Å². The maximum absolute atomic E-state index is 12.6. The van der Waals surface area contributed by atoms with Gasteiger partial charge in [-0.2, -0.15) is 0 Å². The van der Waals surface area contributed by atoms with Crippen LogP contribution in [0.1, 0.15) is 20.3 Å². The van der Waals surface area contributed by atoms with E-state index >= 15 is 0 Å². The molecule has 2 unspecified atom stereocenters. The average molecular weight is 363 g/mol. The highest BCUT2D eigenvalue weighted by atomic mass is 16.5. The number of nitrogens with one attached hydrogen (secondary N) is 2. The van der Waals surface area contributed by atoms with Crippen molar-refractivity contribution in [3.05, 3.63) is 24.3 Å². The van der Waals surface area contributed by atoms with Gasteiger partial charge in [-0.1, -0.05) is 12.1 Å². The Hall–Kier alpha value is -3.10. The molecule has 0 spiro atoms. The number of anilines is 1. The van der Waals surface area contributed by atoms with Gasteiger partial charge in [0.15, 0.2) is 6.10 Å². The van der Waals surface area contributed by atoms with Crippen LogP contribution < -0.4 is 15.4 Å². The van der Waals surface area contributed by atoms with Gasteiger partial charge in [-0.3, -0.25) is 14.4 Å². The molecule has 0 bridgehead atoms. The Morgan fingerprint density at radius 2 is 2.04 bits per heavy atom. The molecule has 0 fully saturated rings. The zero-order chi connectivity index (χ0) is 19.3. The molecule has 140 valence electrons. The van der Waals surface area contributed by atoms with Gasteiger partial charge in [-0.05, 0) is 19.1 Å². The number of carboxylic acid groups (broad SMARTS) is 1.